The molecule has 2 N–H and O–H groups in total. The number of hydrogen-bond acceptors (Lipinski definition) is 5. The van der Waals surface area contributed by atoms with Crippen molar-refractivity contribution in [3.8, 4) is 0 Å². The highest BCUT2D eigenvalue weighted by molar-refractivity contribution is 5.77. The van der Waals surface area contributed by atoms with Crippen LogP contribution in [0, 0.1) is 0 Å². The Morgan fingerprint density at radius 1 is 1.33 bits per heavy atom. The molecule has 7 nitrogen and oxygen atoms in total. The van der Waals surface area contributed by atoms with E-state index in [1.807, 2.05) is 36.4 Å². The third kappa shape index (κ3) is 3.51. The number of nitrogens with zero attached hydrogens (tertiary/aromatic N) is 4. The Kier molecular flexibility index (Phi) is 4.69. The second kappa shape index (κ2) is 7.08. The van der Waals surface area contributed by atoms with Crippen LogP contribution in [0.2, 0.25) is 0 Å². The van der Waals surface area contributed by atoms with Crippen molar-refractivity contribution in [2.45, 2.75) is 32.2 Å². The van der Waals surface area contributed by atoms with E-state index in [4.69, 9.17) is 0 Å². The first-order valence-electron chi connectivity index (χ1n) is 7.90. The van der Waals surface area contributed by atoms with Crippen LogP contribution in [0.15, 0.2) is 42.7 Å². The molecule has 3 rings (SSSR count). The van der Waals surface area contributed by atoms with Crippen LogP contribution in [0.4, 0.5) is 5.82 Å². The second-order valence-electron chi connectivity index (χ2n) is 5.58. The maximum Gasteiger partial charge on any atom is 0.326 e. The number of aromatic nitrogens is 4. The summed E-state index contributed by atoms with van der Waals surface area (Å²) in [5.74, 6) is 0.137. The van der Waals surface area contributed by atoms with Crippen molar-refractivity contribution in [1.82, 2.24) is 19.6 Å². The van der Waals surface area contributed by atoms with Gasteiger partial charge in [0.05, 0.1) is 0 Å². The summed E-state index contributed by atoms with van der Waals surface area (Å²) >= 11 is 0. The third-order valence-corrected chi connectivity index (χ3v) is 3.71. The van der Waals surface area contributed by atoms with E-state index in [0.717, 1.165) is 24.1 Å². The molecule has 0 spiro atoms. The molecule has 0 saturated heterocycles. The van der Waals surface area contributed by atoms with E-state index in [2.05, 4.69) is 27.3 Å². The summed E-state index contributed by atoms with van der Waals surface area (Å²) in [6, 6.07) is 10.6. The van der Waals surface area contributed by atoms with Gasteiger partial charge in [-0.15, -0.1) is 0 Å². The van der Waals surface area contributed by atoms with Crippen LogP contribution in [0.25, 0.3) is 5.78 Å². The van der Waals surface area contributed by atoms with Crippen molar-refractivity contribution in [2.24, 2.45) is 0 Å². The van der Waals surface area contributed by atoms with Crippen LogP contribution in [-0.2, 0) is 17.6 Å². The standard InChI is InChI=1S/C17H19N5O2/c1-2-6-13-10-15(22-17(20-13)18-11-19-22)21-14(16(23)24)9-12-7-4-3-5-8-12/h3-5,7-8,10-11,14,21H,2,6,9H2,1H3,(H,23,24)/t14-/m0/s1. The minimum absolute atomic E-state index is 0.373. The summed E-state index contributed by atoms with van der Waals surface area (Å²) in [6.45, 7) is 2.07. The van der Waals surface area contributed by atoms with Gasteiger partial charge in [-0.3, -0.25) is 0 Å². The van der Waals surface area contributed by atoms with Gasteiger partial charge in [-0.05, 0) is 12.0 Å². The van der Waals surface area contributed by atoms with Gasteiger partial charge in [-0.25, -0.2) is 9.78 Å². The van der Waals surface area contributed by atoms with E-state index in [1.54, 1.807) is 0 Å². The zero-order valence-corrected chi connectivity index (χ0v) is 13.4. The highest BCUT2D eigenvalue weighted by Crippen LogP contribution is 2.15. The molecular weight excluding hydrogens is 306 g/mol. The second-order valence-corrected chi connectivity index (χ2v) is 5.58. The van der Waals surface area contributed by atoms with Crippen molar-refractivity contribution in [2.75, 3.05) is 5.32 Å². The summed E-state index contributed by atoms with van der Waals surface area (Å²) < 4.78 is 1.53. The number of carbonyl (C=O) groups is 1. The molecule has 124 valence electrons. The summed E-state index contributed by atoms with van der Waals surface area (Å²) in [5.41, 5.74) is 1.82. The van der Waals surface area contributed by atoms with Gasteiger partial charge < -0.3 is 10.4 Å². The largest absolute Gasteiger partial charge is 0.480 e. The Morgan fingerprint density at radius 3 is 2.83 bits per heavy atom. The summed E-state index contributed by atoms with van der Waals surface area (Å²) in [7, 11) is 0. The highest BCUT2D eigenvalue weighted by Gasteiger charge is 2.20. The van der Waals surface area contributed by atoms with Crippen molar-refractivity contribution >= 4 is 17.6 Å². The van der Waals surface area contributed by atoms with Gasteiger partial charge in [0.25, 0.3) is 5.78 Å². The zero-order chi connectivity index (χ0) is 16.9. The topological polar surface area (TPSA) is 92.4 Å². The molecule has 0 aliphatic carbocycles. The molecule has 0 bridgehead atoms. The van der Waals surface area contributed by atoms with Crippen molar-refractivity contribution in [3.05, 3.63) is 54.0 Å². The smallest absolute Gasteiger partial charge is 0.326 e. The summed E-state index contributed by atoms with van der Waals surface area (Å²) in [5, 5.41) is 16.8. The molecule has 0 unspecified atom stereocenters. The number of anilines is 1. The first kappa shape index (κ1) is 15.9. The molecule has 0 aliphatic rings. The van der Waals surface area contributed by atoms with Crippen LogP contribution >= 0.6 is 0 Å². The van der Waals surface area contributed by atoms with Gasteiger partial charge in [-0.2, -0.15) is 14.6 Å². The Labute approximate surface area is 139 Å². The minimum atomic E-state index is -0.916. The molecule has 0 saturated carbocycles. The monoisotopic (exact) mass is 325 g/mol. The Bertz CT molecular complexity index is 831. The van der Waals surface area contributed by atoms with Crippen LogP contribution in [0.1, 0.15) is 24.6 Å². The molecule has 0 radical (unpaired) electrons. The molecule has 0 aliphatic heterocycles. The number of carboxylic acid groups (broad SMARTS) is 1. The lowest BCUT2D eigenvalue weighted by molar-refractivity contribution is -0.137. The molecule has 0 amide bonds. The van der Waals surface area contributed by atoms with Crippen molar-refractivity contribution < 1.29 is 9.90 Å². The number of carboxylic acids is 1. The van der Waals surface area contributed by atoms with E-state index in [0.29, 0.717) is 18.0 Å². The van der Waals surface area contributed by atoms with Crippen LogP contribution in [-0.4, -0.2) is 36.7 Å². The SMILES string of the molecule is CCCc1cc(N[C@@H](Cc2ccccc2)C(=O)O)n2ncnc2n1. The van der Waals surface area contributed by atoms with Crippen molar-refractivity contribution in [3.63, 3.8) is 0 Å². The molecule has 3 aromatic rings. The number of rotatable bonds is 7. The lowest BCUT2D eigenvalue weighted by atomic mass is 10.1. The molecule has 2 aromatic heterocycles. The number of aliphatic carboxylic acids is 1. The molecule has 0 fully saturated rings. The third-order valence-electron chi connectivity index (χ3n) is 3.71. The van der Waals surface area contributed by atoms with Gasteiger partial charge in [0.15, 0.2) is 0 Å². The number of aryl methyl sites for hydroxylation is 1. The maximum atomic E-state index is 11.7. The first-order chi connectivity index (χ1) is 11.7. The van der Waals surface area contributed by atoms with E-state index in [-0.39, 0.29) is 0 Å². The van der Waals surface area contributed by atoms with Crippen LogP contribution < -0.4 is 5.32 Å². The predicted octanol–water partition coefficient (Wildman–Crippen LogP) is 2.18. The van der Waals surface area contributed by atoms with Crippen LogP contribution in [0.5, 0.6) is 0 Å². The molecule has 24 heavy (non-hydrogen) atoms. The summed E-state index contributed by atoms with van der Waals surface area (Å²) in [4.78, 5) is 20.2. The van der Waals surface area contributed by atoms with Gasteiger partial charge in [0, 0.05) is 18.2 Å². The maximum absolute atomic E-state index is 11.7. The molecule has 7 heteroatoms. The fourth-order valence-electron chi connectivity index (χ4n) is 2.58. The summed E-state index contributed by atoms with van der Waals surface area (Å²) in [6.07, 6.45) is 3.53. The first-order valence-corrected chi connectivity index (χ1v) is 7.90. The van der Waals surface area contributed by atoms with E-state index >= 15 is 0 Å². The van der Waals surface area contributed by atoms with E-state index in [1.165, 1.54) is 10.8 Å². The van der Waals surface area contributed by atoms with Gasteiger partial charge in [0.1, 0.15) is 18.2 Å². The predicted molar refractivity (Wildman–Crippen MR) is 90.0 cm³/mol. The van der Waals surface area contributed by atoms with E-state index in [9.17, 15) is 9.90 Å². The van der Waals surface area contributed by atoms with Crippen molar-refractivity contribution in [1.29, 1.82) is 0 Å². The molecule has 1 atom stereocenters. The average Bonchev–Trinajstić information content (AvgIpc) is 3.04. The minimum Gasteiger partial charge on any atom is -0.480 e. The quantitative estimate of drug-likeness (QED) is 0.692. The fraction of sp³-hybridized carbons (Fsp3) is 0.294. The highest BCUT2D eigenvalue weighted by atomic mass is 16.4. The lowest BCUT2D eigenvalue weighted by Gasteiger charge is -2.17. The zero-order valence-electron chi connectivity index (χ0n) is 13.4. The number of hydrogen-bond donors (Lipinski definition) is 2. The van der Waals surface area contributed by atoms with Gasteiger partial charge in [-0.1, -0.05) is 43.7 Å². The lowest BCUT2D eigenvalue weighted by Crippen LogP contribution is -2.32. The molecule has 2 heterocycles. The van der Waals surface area contributed by atoms with E-state index < -0.39 is 12.0 Å². The number of benzene rings is 1. The number of nitrogens with one attached hydrogen (secondary N) is 1. The average molecular weight is 325 g/mol. The number of fused-ring (bicyclic) bond motifs is 1. The van der Waals surface area contributed by atoms with Gasteiger partial charge in [0.2, 0.25) is 0 Å². The molecular formula is C17H19N5O2. The Morgan fingerprint density at radius 2 is 2.12 bits per heavy atom. The van der Waals surface area contributed by atoms with Gasteiger partial charge >= 0.3 is 5.97 Å². The molecule has 1 aromatic carbocycles. The Balaban J connectivity index is 1.90. The van der Waals surface area contributed by atoms with Crippen LogP contribution in [0.3, 0.4) is 0 Å². The normalized spacial score (nSPS) is 12.2. The fourth-order valence-corrected chi connectivity index (χ4v) is 2.58. The Hall–Kier alpha value is -2.96.